The van der Waals surface area contributed by atoms with Crippen molar-refractivity contribution in [1.29, 1.82) is 0 Å². The summed E-state index contributed by atoms with van der Waals surface area (Å²) < 4.78 is 46.2. The molecule has 0 radical (unpaired) electrons. The summed E-state index contributed by atoms with van der Waals surface area (Å²) in [6.45, 7) is 5.21. The first-order valence-corrected chi connectivity index (χ1v) is 15.9. The highest BCUT2D eigenvalue weighted by Crippen LogP contribution is 2.25. The minimum absolute atomic E-state index is 0.0322. The van der Waals surface area contributed by atoms with Crippen LogP contribution in [0.1, 0.15) is 48.8 Å². The summed E-state index contributed by atoms with van der Waals surface area (Å²) in [5.74, 6) is -2.78. The average Bonchev–Trinajstić information content (AvgIpc) is 3.75. The molecule has 246 valence electrons. The number of hydrogen-bond acceptors (Lipinski definition) is 12. The summed E-state index contributed by atoms with van der Waals surface area (Å²) in [6.07, 6.45) is 7.96. The lowest BCUT2D eigenvalue weighted by Gasteiger charge is -2.26. The molecule has 46 heavy (non-hydrogen) atoms. The highest BCUT2D eigenvalue weighted by Gasteiger charge is 2.22. The Morgan fingerprint density at radius 1 is 1.20 bits per heavy atom. The third-order valence-electron chi connectivity index (χ3n) is 7.50. The molecule has 0 atom stereocenters. The highest BCUT2D eigenvalue weighted by atomic mass is 32.1. The van der Waals surface area contributed by atoms with Gasteiger partial charge in [0.25, 0.3) is 5.91 Å². The number of pyridine rings is 1. The molecule has 13 nitrogen and oxygen atoms in total. The smallest absolute Gasteiger partial charge is 0.321 e. The van der Waals surface area contributed by atoms with Crippen molar-refractivity contribution in [2.75, 3.05) is 39.5 Å². The van der Waals surface area contributed by atoms with Crippen LogP contribution < -0.4 is 11.1 Å². The molecule has 1 aliphatic heterocycles. The van der Waals surface area contributed by atoms with Gasteiger partial charge in [-0.05, 0) is 44.7 Å². The first-order valence-electron chi connectivity index (χ1n) is 15.0. The van der Waals surface area contributed by atoms with E-state index in [1.807, 2.05) is 11.8 Å². The van der Waals surface area contributed by atoms with Gasteiger partial charge in [-0.2, -0.15) is 9.49 Å². The maximum absolute atomic E-state index is 14.6. The first-order chi connectivity index (χ1) is 22.3. The number of ether oxygens (including phenoxy) is 3. The van der Waals surface area contributed by atoms with Crippen molar-refractivity contribution < 1.29 is 32.6 Å². The normalized spacial score (nSPS) is 19.6. The van der Waals surface area contributed by atoms with E-state index in [9.17, 15) is 18.4 Å². The Morgan fingerprint density at radius 2 is 1.98 bits per heavy atom. The summed E-state index contributed by atoms with van der Waals surface area (Å²) in [7, 11) is 0. The molecule has 0 bridgehead atoms. The number of aliphatic imine (C=N–C) groups is 1. The van der Waals surface area contributed by atoms with Crippen molar-refractivity contribution in [1.82, 2.24) is 30.0 Å². The minimum atomic E-state index is -0.923. The molecule has 16 heteroatoms. The second kappa shape index (κ2) is 15.9. The predicted octanol–water partition coefficient (Wildman–Crippen LogP) is 2.99. The zero-order valence-electron chi connectivity index (χ0n) is 25.4. The third kappa shape index (κ3) is 8.99. The zero-order valence-corrected chi connectivity index (χ0v) is 26.2. The van der Waals surface area contributed by atoms with Crippen LogP contribution in [0.15, 0.2) is 40.6 Å². The van der Waals surface area contributed by atoms with Crippen molar-refractivity contribution in [3.05, 3.63) is 58.8 Å². The number of rotatable bonds is 12. The number of nitrogens with two attached hydrogens (primary N) is 1. The standard InChI is InChI=1S/C30H36F2N8O5S/c1-2-44-21-5-3-20(4-6-21)34-14-23(27(33)28-22(31)7-8-25(32)38-28)36-29(42)24-17-46-30(37-24)19-13-35-40(15-19)18-45-26(41)16-39-9-11-43-12-10-39/h7-8,13-15,17,20-21H,2-6,9-12,16,18,33H2,1H3,(H,36,42)/b27-23+,34-14?. The summed E-state index contributed by atoms with van der Waals surface area (Å²) >= 11 is 1.20. The second-order valence-corrected chi connectivity index (χ2v) is 11.6. The van der Waals surface area contributed by atoms with Gasteiger partial charge in [0.05, 0.1) is 49.5 Å². The fourth-order valence-corrected chi connectivity index (χ4v) is 5.82. The molecule has 2 fully saturated rings. The Labute approximate surface area is 268 Å². The molecule has 4 heterocycles. The van der Waals surface area contributed by atoms with Gasteiger partial charge in [-0.1, -0.05) is 0 Å². The number of thiazole rings is 1. The van der Waals surface area contributed by atoms with Crippen LogP contribution in [0.5, 0.6) is 0 Å². The van der Waals surface area contributed by atoms with Crippen LogP contribution in [0.3, 0.4) is 0 Å². The number of nitrogens with one attached hydrogen (secondary N) is 1. The van der Waals surface area contributed by atoms with Crippen LogP contribution in [-0.2, 0) is 25.7 Å². The summed E-state index contributed by atoms with van der Waals surface area (Å²) in [5, 5.41) is 8.91. The van der Waals surface area contributed by atoms with E-state index < -0.39 is 23.4 Å². The van der Waals surface area contributed by atoms with E-state index in [0.717, 1.165) is 37.8 Å². The Balaban J connectivity index is 1.25. The van der Waals surface area contributed by atoms with E-state index in [0.29, 0.717) is 43.5 Å². The first kappa shape index (κ1) is 33.2. The lowest BCUT2D eigenvalue weighted by molar-refractivity contribution is -0.150. The second-order valence-electron chi connectivity index (χ2n) is 10.8. The topological polar surface area (TPSA) is 159 Å². The van der Waals surface area contributed by atoms with Gasteiger partial charge in [0.1, 0.15) is 16.4 Å². The van der Waals surface area contributed by atoms with Crippen LogP contribution >= 0.6 is 11.3 Å². The molecule has 1 amide bonds. The van der Waals surface area contributed by atoms with Gasteiger partial charge in [-0.3, -0.25) is 19.5 Å². The number of esters is 1. The van der Waals surface area contributed by atoms with E-state index in [4.69, 9.17) is 19.9 Å². The fraction of sp³-hybridized carbons (Fsp3) is 0.467. The minimum Gasteiger partial charge on any atom is -0.441 e. The molecule has 3 aromatic heterocycles. The number of nitrogens with zero attached hydrogens (tertiary/aromatic N) is 6. The fourth-order valence-electron chi connectivity index (χ4n) is 5.05. The molecule has 1 saturated heterocycles. The Morgan fingerprint density at radius 3 is 2.74 bits per heavy atom. The van der Waals surface area contributed by atoms with Gasteiger partial charge >= 0.3 is 5.97 Å². The van der Waals surface area contributed by atoms with Crippen molar-refractivity contribution >= 4 is 35.1 Å². The van der Waals surface area contributed by atoms with Crippen LogP contribution in [-0.4, -0.2) is 94.3 Å². The summed E-state index contributed by atoms with van der Waals surface area (Å²) in [5.41, 5.74) is 6.14. The third-order valence-corrected chi connectivity index (χ3v) is 8.39. The number of amides is 1. The van der Waals surface area contributed by atoms with Gasteiger partial charge < -0.3 is 25.3 Å². The van der Waals surface area contributed by atoms with Crippen molar-refractivity contribution in [2.45, 2.75) is 51.5 Å². The van der Waals surface area contributed by atoms with Crippen LogP contribution in [0.25, 0.3) is 16.3 Å². The molecular weight excluding hydrogens is 622 g/mol. The van der Waals surface area contributed by atoms with Crippen molar-refractivity contribution in [2.24, 2.45) is 10.7 Å². The molecule has 0 aromatic carbocycles. The molecule has 1 aliphatic carbocycles. The van der Waals surface area contributed by atoms with Gasteiger partial charge in [-0.25, -0.2) is 19.0 Å². The molecule has 2 aliphatic rings. The monoisotopic (exact) mass is 658 g/mol. The Bertz CT molecular complexity index is 1560. The van der Waals surface area contributed by atoms with E-state index in [2.05, 4.69) is 25.4 Å². The molecule has 1 saturated carbocycles. The van der Waals surface area contributed by atoms with Gasteiger partial charge in [0, 0.05) is 43.1 Å². The van der Waals surface area contributed by atoms with Crippen LogP contribution in [0.2, 0.25) is 0 Å². The summed E-state index contributed by atoms with van der Waals surface area (Å²) in [6, 6.07) is 1.74. The largest absolute Gasteiger partial charge is 0.441 e. The molecule has 0 spiro atoms. The lowest BCUT2D eigenvalue weighted by atomic mass is 9.93. The number of hydrogen-bond donors (Lipinski definition) is 2. The van der Waals surface area contributed by atoms with E-state index >= 15 is 0 Å². The number of carbonyl (C=O) groups excluding carboxylic acids is 2. The average molecular weight is 659 g/mol. The Hall–Kier alpha value is -4.12. The van der Waals surface area contributed by atoms with Gasteiger partial charge in [-0.15, -0.1) is 11.3 Å². The summed E-state index contributed by atoms with van der Waals surface area (Å²) in [4.78, 5) is 40.0. The molecule has 3 aromatic rings. The number of aromatic nitrogens is 4. The molecule has 3 N–H and O–H groups in total. The lowest BCUT2D eigenvalue weighted by Crippen LogP contribution is -2.40. The zero-order chi connectivity index (χ0) is 32.5. The maximum Gasteiger partial charge on any atom is 0.321 e. The van der Waals surface area contributed by atoms with Crippen molar-refractivity contribution in [3.8, 4) is 10.6 Å². The molecule has 0 unspecified atom stereocenters. The molecule has 5 rings (SSSR count). The van der Waals surface area contributed by atoms with Crippen LogP contribution in [0, 0.1) is 11.8 Å². The van der Waals surface area contributed by atoms with E-state index in [1.165, 1.54) is 22.2 Å². The molecular formula is C30H36F2N8O5S. The Kier molecular flexibility index (Phi) is 11.5. The van der Waals surface area contributed by atoms with Crippen LogP contribution in [0.4, 0.5) is 8.78 Å². The highest BCUT2D eigenvalue weighted by molar-refractivity contribution is 7.13. The number of allylic oxidation sites excluding steroid dienone is 1. The number of morpholine rings is 1. The van der Waals surface area contributed by atoms with Crippen molar-refractivity contribution in [3.63, 3.8) is 0 Å². The maximum atomic E-state index is 14.6. The number of halogens is 2. The quantitative estimate of drug-likeness (QED) is 0.168. The van der Waals surface area contributed by atoms with E-state index in [-0.39, 0.29) is 48.5 Å². The number of carbonyl (C=O) groups is 2. The predicted molar refractivity (Wildman–Crippen MR) is 166 cm³/mol. The SMILES string of the molecule is CCOC1CCC(N=C/C(NC(=O)c2csc(-c3cnn(COC(=O)CN4CCOCC4)c3)n2)=C(\N)c2nc(F)ccc2F)CC1. The van der Waals surface area contributed by atoms with E-state index in [1.54, 1.807) is 17.8 Å². The van der Waals surface area contributed by atoms with Gasteiger partial charge in [0.2, 0.25) is 5.95 Å². The van der Waals surface area contributed by atoms with Gasteiger partial charge in [0.15, 0.2) is 12.5 Å².